The van der Waals surface area contributed by atoms with Crippen molar-refractivity contribution in [1.82, 2.24) is 4.90 Å². The smallest absolute Gasteiger partial charge is 0.309 e. The first-order valence-electron chi connectivity index (χ1n) is 19.6. The molecule has 320 valence electrons. The van der Waals surface area contributed by atoms with E-state index in [9.17, 15) is 24.9 Å². The maximum Gasteiger partial charge on any atom is 0.309 e. The lowest BCUT2D eigenvalue weighted by Crippen LogP contribution is -2.63. The highest BCUT2D eigenvalue weighted by Gasteiger charge is 2.47. The van der Waals surface area contributed by atoms with Gasteiger partial charge >= 0.3 is 5.97 Å². The predicted octanol–water partition coefficient (Wildman–Crippen LogP) is 3.83. The molecule has 2 bridgehead atoms. The average Bonchev–Trinajstić information content (AvgIpc) is 3.15. The van der Waals surface area contributed by atoms with Crippen molar-refractivity contribution in [1.29, 1.82) is 0 Å². The first-order chi connectivity index (χ1) is 26.7. The Morgan fingerprint density at radius 3 is 2.39 bits per heavy atom. The summed E-state index contributed by atoms with van der Waals surface area (Å²) in [6.45, 7) is 8.82. The quantitative estimate of drug-likeness (QED) is 0.182. The van der Waals surface area contributed by atoms with Crippen molar-refractivity contribution < 1.29 is 67.5 Å². The van der Waals surface area contributed by atoms with Crippen LogP contribution in [-0.4, -0.2) is 152 Å². The lowest BCUT2D eigenvalue weighted by Gasteiger charge is -2.47. The Balaban J connectivity index is 1.68. The number of hydrogen-bond donors (Lipinski definition) is 3. The number of hydrogen-bond acceptors (Lipinski definition) is 15. The number of fused-ring (bicyclic) bond motifs is 3. The van der Waals surface area contributed by atoms with E-state index in [-0.39, 0.29) is 30.5 Å². The predicted molar refractivity (Wildman–Crippen MR) is 213 cm³/mol. The molecule has 0 saturated carbocycles. The number of allylic oxidation sites excluding steroid dienone is 3. The van der Waals surface area contributed by atoms with E-state index in [0.29, 0.717) is 32.7 Å². The molecule has 0 spiro atoms. The Labute approximate surface area is 345 Å². The van der Waals surface area contributed by atoms with Gasteiger partial charge in [0.2, 0.25) is 6.29 Å². The Kier molecular flexibility index (Phi) is 19.0. The number of aliphatic hydroxyl groups is 3. The number of aliphatic hydroxyl groups excluding tert-OH is 3. The second-order valence-corrected chi connectivity index (χ2v) is 16.8. The van der Waals surface area contributed by atoms with E-state index in [1.165, 1.54) is 14.2 Å². The van der Waals surface area contributed by atoms with Gasteiger partial charge in [0, 0.05) is 51.8 Å². The van der Waals surface area contributed by atoms with Gasteiger partial charge in [-0.25, -0.2) is 0 Å². The highest BCUT2D eigenvalue weighted by molar-refractivity contribution is 14.1. The second-order valence-electron chi connectivity index (χ2n) is 15.6. The number of rotatable bonds is 8. The number of methoxy groups -OCH3 is 2. The molecule has 15 atom stereocenters. The van der Waals surface area contributed by atoms with Crippen LogP contribution in [0.4, 0.5) is 0 Å². The van der Waals surface area contributed by atoms with Gasteiger partial charge in [0.15, 0.2) is 28.0 Å². The summed E-state index contributed by atoms with van der Waals surface area (Å²) in [5.41, 5.74) is 0.752. The third-order valence-corrected chi connectivity index (χ3v) is 12.3. The van der Waals surface area contributed by atoms with Crippen LogP contribution in [0.15, 0.2) is 35.8 Å². The Hall–Kier alpha value is -1.71. The molecule has 4 heterocycles. The number of nitrogens with zero attached hydrogens (tertiary/aromatic N) is 1. The molecule has 0 aromatic heterocycles. The van der Waals surface area contributed by atoms with E-state index in [0.717, 1.165) is 24.7 Å². The summed E-state index contributed by atoms with van der Waals surface area (Å²) in [7, 11) is 6.47. The molecule has 56 heavy (non-hydrogen) atoms. The van der Waals surface area contributed by atoms with E-state index in [1.807, 2.05) is 26.8 Å². The Morgan fingerprint density at radius 1 is 0.964 bits per heavy atom. The van der Waals surface area contributed by atoms with Gasteiger partial charge in [-0.1, -0.05) is 31.6 Å². The fraction of sp³-hybridized carbons (Fsp3) is 0.800. The van der Waals surface area contributed by atoms with Gasteiger partial charge in [0.1, 0.15) is 18.5 Å². The summed E-state index contributed by atoms with van der Waals surface area (Å²) >= 11 is 2.07. The van der Waals surface area contributed by atoms with Crippen molar-refractivity contribution in [2.24, 2.45) is 23.7 Å². The van der Waals surface area contributed by atoms with Gasteiger partial charge in [-0.2, -0.15) is 0 Å². The third kappa shape index (κ3) is 12.6. The largest absolute Gasteiger partial charge is 0.506 e. The summed E-state index contributed by atoms with van der Waals surface area (Å²) in [6, 6.07) is -0.658. The molecule has 5 unspecified atom stereocenters. The first-order valence-corrected chi connectivity index (χ1v) is 20.9. The average molecular weight is 910 g/mol. The topological polar surface area (TPSA) is 181 Å². The number of ether oxygens (including phenoxy) is 9. The summed E-state index contributed by atoms with van der Waals surface area (Å²) in [5, 5.41) is 32.7. The van der Waals surface area contributed by atoms with Crippen molar-refractivity contribution in [3.63, 3.8) is 0 Å². The van der Waals surface area contributed by atoms with E-state index >= 15 is 0 Å². The maximum absolute atomic E-state index is 13.9. The molecule has 3 N–H and O–H groups in total. The van der Waals surface area contributed by atoms with Crippen LogP contribution in [-0.2, 0) is 52.2 Å². The molecule has 16 heteroatoms. The van der Waals surface area contributed by atoms with E-state index in [4.69, 9.17) is 42.6 Å². The van der Waals surface area contributed by atoms with Crippen molar-refractivity contribution >= 4 is 34.3 Å². The van der Waals surface area contributed by atoms with Gasteiger partial charge in [0.25, 0.3) is 0 Å². The normalized spacial score (nSPS) is 41.7. The molecule has 0 radical (unpaired) electrons. The van der Waals surface area contributed by atoms with Crippen LogP contribution in [0, 0.1) is 23.7 Å². The minimum absolute atomic E-state index is 0.0345. The monoisotopic (exact) mass is 909 g/mol. The lowest BCUT2D eigenvalue weighted by atomic mass is 9.79. The zero-order valence-corrected chi connectivity index (χ0v) is 36.1. The summed E-state index contributed by atoms with van der Waals surface area (Å²) < 4.78 is 53.5. The van der Waals surface area contributed by atoms with Gasteiger partial charge < -0.3 is 62.9 Å². The van der Waals surface area contributed by atoms with Gasteiger partial charge in [-0.15, -0.1) is 0 Å². The van der Waals surface area contributed by atoms with Crippen LogP contribution in [0.5, 0.6) is 0 Å². The van der Waals surface area contributed by atoms with Gasteiger partial charge in [0.05, 0.1) is 43.5 Å². The van der Waals surface area contributed by atoms with Gasteiger partial charge in [-0.05, 0) is 88.2 Å². The first kappa shape index (κ1) is 47.0. The van der Waals surface area contributed by atoms with Crippen LogP contribution in [0.3, 0.4) is 0 Å². The summed E-state index contributed by atoms with van der Waals surface area (Å²) in [4.78, 5) is 29.4. The lowest BCUT2D eigenvalue weighted by molar-refractivity contribution is -0.305. The maximum atomic E-state index is 13.9. The van der Waals surface area contributed by atoms with Crippen LogP contribution in [0.2, 0.25) is 0 Å². The zero-order valence-electron chi connectivity index (χ0n) is 34.0. The van der Waals surface area contributed by atoms with Gasteiger partial charge in [-0.3, -0.25) is 9.59 Å². The molecule has 4 aliphatic rings. The number of alkyl halides is 1. The molecule has 0 aromatic carbocycles. The highest BCUT2D eigenvalue weighted by atomic mass is 127. The number of carbonyl (C=O) groups excluding carboxylic acids is 2. The standard InChI is InChI=1S/C40H64INO14/c1-22-11-12-28(43)23(2)18-26-13-16-50-14-9-10-15-51-30(24(3)35(26)56-39-34(47)32(42(5)6)33(46)25(4)54-39)19-31(45)55-38(41)27(17-22)20-52-40-37(49-8)36(48-7)29(44)21-53-40/h11-12,17,21,23-27,30,32-40,44,46-47H,9-10,13-16,18-20H2,1-8H3/b12-11+,22-17+/t23-,24+,25?,26+,27-,30-,32?,33-,34?,35-,36?,37?,38+,39+,40-/m1/s1. The molecule has 0 aromatic rings. The minimum atomic E-state index is -1.19. The number of ketones is 1. The Morgan fingerprint density at radius 2 is 1.70 bits per heavy atom. The molecule has 2 saturated heterocycles. The third-order valence-electron chi connectivity index (χ3n) is 11.2. The number of halogens is 1. The SMILES string of the molecule is COC1C(O)=CO[C@@H](OC[C@H]2/C=C(C)/C=C/C(=O)[C@H](C)C[C@@H]3CCOCCCCO[C@H](CC(=O)O[C@@H]2I)[C@H](C)[C@H]3O[C@@H]2OC(C)[C@@H](O)C(N(C)C)C2O)C1OC. The van der Waals surface area contributed by atoms with Crippen LogP contribution in [0.25, 0.3) is 0 Å². The molecule has 0 amide bonds. The van der Waals surface area contributed by atoms with Crippen molar-refractivity contribution in [2.75, 3.05) is 54.7 Å². The zero-order chi connectivity index (χ0) is 41.1. The van der Waals surface area contributed by atoms with Crippen molar-refractivity contribution in [3.8, 4) is 0 Å². The van der Waals surface area contributed by atoms with E-state index in [2.05, 4.69) is 22.6 Å². The van der Waals surface area contributed by atoms with Crippen molar-refractivity contribution in [3.05, 3.63) is 35.8 Å². The van der Waals surface area contributed by atoms with Crippen LogP contribution >= 0.6 is 22.6 Å². The molecular formula is C40H64INO14. The number of likely N-dealkylation sites (N-methyl/N-ethyl adjacent to an activating group) is 1. The fourth-order valence-electron chi connectivity index (χ4n) is 7.85. The summed E-state index contributed by atoms with van der Waals surface area (Å²) in [5.74, 6) is -2.29. The molecule has 0 aliphatic carbocycles. The Bertz CT molecular complexity index is 1350. The number of carbonyl (C=O) groups is 2. The minimum Gasteiger partial charge on any atom is -0.506 e. The molecule has 4 aliphatic heterocycles. The van der Waals surface area contributed by atoms with Crippen LogP contribution < -0.4 is 0 Å². The molecular weight excluding hydrogens is 845 g/mol. The summed E-state index contributed by atoms with van der Waals surface area (Å²) in [6.07, 6.45) is 1.04. The number of cyclic esters (lactones) is 1. The second kappa shape index (κ2) is 22.6. The van der Waals surface area contributed by atoms with Crippen molar-refractivity contribution in [2.45, 2.75) is 125 Å². The van der Waals surface area contributed by atoms with E-state index in [1.54, 1.807) is 38.1 Å². The molecule has 15 nitrogen and oxygen atoms in total. The highest BCUT2D eigenvalue weighted by Crippen LogP contribution is 2.36. The van der Waals surface area contributed by atoms with Crippen LogP contribution in [0.1, 0.15) is 59.8 Å². The molecule has 4 rings (SSSR count). The number of esters is 1. The fourth-order valence-corrected chi connectivity index (χ4v) is 8.54. The molecule has 2 fully saturated rings. The van der Waals surface area contributed by atoms with E-state index < -0.39 is 89.2 Å².